The SMILES string of the molecule is CCc1cc(Nc2nccn3c(-c4ccc(Oc5ncccn5)c(F)c4F)cnc23)ccc1C(=O)NCCCNC(=O)C1CC[NH+](CC2CCNC2)CC1. The normalized spacial score (nSPS) is 18.4. The monoisotopic (exact) mass is 739 g/mol. The number of imidazole rings is 1. The Hall–Kier alpha value is -5.54. The van der Waals surface area contributed by atoms with Crippen LogP contribution in [0, 0.1) is 23.5 Å². The van der Waals surface area contributed by atoms with Gasteiger partial charge in [0, 0.05) is 85.9 Å². The fourth-order valence-electron chi connectivity index (χ4n) is 7.30. The summed E-state index contributed by atoms with van der Waals surface area (Å²) in [6.45, 7) is 8.48. The maximum Gasteiger partial charge on any atom is 0.321 e. The molecule has 5 heterocycles. The molecule has 15 heteroatoms. The second kappa shape index (κ2) is 17.1. The van der Waals surface area contributed by atoms with Crippen molar-refractivity contribution in [2.24, 2.45) is 11.8 Å². The number of hydrogen-bond acceptors (Lipinski definition) is 9. The number of amides is 2. The summed E-state index contributed by atoms with van der Waals surface area (Å²) in [5.41, 5.74) is 2.76. The van der Waals surface area contributed by atoms with E-state index in [0.29, 0.717) is 54.3 Å². The Balaban J connectivity index is 0.920. The van der Waals surface area contributed by atoms with Crippen molar-refractivity contribution in [1.29, 1.82) is 0 Å². The van der Waals surface area contributed by atoms with E-state index in [1.54, 1.807) is 33.7 Å². The minimum atomic E-state index is -1.18. The zero-order valence-corrected chi connectivity index (χ0v) is 30.2. The van der Waals surface area contributed by atoms with E-state index < -0.39 is 11.6 Å². The maximum absolute atomic E-state index is 15.3. The van der Waals surface area contributed by atoms with Gasteiger partial charge >= 0.3 is 6.01 Å². The molecule has 2 fully saturated rings. The predicted octanol–water partition coefficient (Wildman–Crippen LogP) is 3.70. The Bertz CT molecular complexity index is 2080. The summed E-state index contributed by atoms with van der Waals surface area (Å²) >= 11 is 0. The molecule has 282 valence electrons. The van der Waals surface area contributed by atoms with Crippen molar-refractivity contribution in [2.45, 2.75) is 39.0 Å². The van der Waals surface area contributed by atoms with E-state index in [0.717, 1.165) is 50.5 Å². The van der Waals surface area contributed by atoms with Crippen LogP contribution in [0.3, 0.4) is 0 Å². The molecule has 13 nitrogen and oxygen atoms in total. The van der Waals surface area contributed by atoms with Crippen LogP contribution in [0.1, 0.15) is 48.5 Å². The number of nitrogens with one attached hydrogen (secondary N) is 5. The van der Waals surface area contributed by atoms with Crippen molar-refractivity contribution < 1.29 is 28.0 Å². The Kier molecular flexibility index (Phi) is 11.6. The molecule has 2 aliphatic rings. The van der Waals surface area contributed by atoms with Crippen LogP contribution in [-0.2, 0) is 11.2 Å². The Labute approximate surface area is 312 Å². The van der Waals surface area contributed by atoms with Gasteiger partial charge in [0.25, 0.3) is 5.91 Å². The number of aryl methyl sites for hydroxylation is 1. The van der Waals surface area contributed by atoms with Gasteiger partial charge in [-0.05, 0) is 67.8 Å². The molecule has 5 N–H and O–H groups in total. The van der Waals surface area contributed by atoms with E-state index in [1.165, 1.54) is 49.9 Å². The van der Waals surface area contributed by atoms with Crippen LogP contribution in [0.25, 0.3) is 16.9 Å². The minimum absolute atomic E-state index is 0.0196. The fourth-order valence-corrected chi connectivity index (χ4v) is 7.30. The van der Waals surface area contributed by atoms with Gasteiger partial charge in [-0.1, -0.05) is 6.92 Å². The number of fused-ring (bicyclic) bond motifs is 1. The van der Waals surface area contributed by atoms with Gasteiger partial charge in [0.15, 0.2) is 23.0 Å². The fraction of sp³-hybridized carbons (Fsp3) is 0.385. The highest BCUT2D eigenvalue weighted by Gasteiger charge is 2.29. The Morgan fingerprint density at radius 1 is 0.981 bits per heavy atom. The summed E-state index contributed by atoms with van der Waals surface area (Å²) in [6, 6.07) is 9.62. The summed E-state index contributed by atoms with van der Waals surface area (Å²) in [5.74, 6) is -1.47. The lowest BCUT2D eigenvalue weighted by Crippen LogP contribution is -3.13. The Morgan fingerprint density at radius 2 is 1.80 bits per heavy atom. The molecule has 54 heavy (non-hydrogen) atoms. The molecule has 0 spiro atoms. The van der Waals surface area contributed by atoms with E-state index >= 15 is 8.78 Å². The van der Waals surface area contributed by atoms with E-state index in [4.69, 9.17) is 4.74 Å². The number of ether oxygens (including phenoxy) is 1. The zero-order valence-electron chi connectivity index (χ0n) is 30.2. The number of nitrogens with zero attached hydrogens (tertiary/aromatic N) is 5. The van der Waals surface area contributed by atoms with E-state index in [1.807, 2.05) is 13.0 Å². The van der Waals surface area contributed by atoms with Crippen LogP contribution in [0.15, 0.2) is 67.4 Å². The number of carbonyl (C=O) groups excluding carboxylic acids is 2. The number of rotatable bonds is 14. The number of quaternary nitrogens is 1. The number of carbonyl (C=O) groups is 2. The first-order chi connectivity index (χ1) is 26.4. The number of piperidine rings is 1. The van der Waals surface area contributed by atoms with Gasteiger partial charge in [-0.25, -0.2) is 24.3 Å². The number of halogens is 2. The molecule has 0 radical (unpaired) electrons. The molecule has 0 saturated carbocycles. The van der Waals surface area contributed by atoms with Crippen LogP contribution < -0.4 is 30.9 Å². The molecule has 2 aromatic carbocycles. The topological polar surface area (TPSA) is 152 Å². The molecule has 3 aromatic heterocycles. The third-order valence-electron chi connectivity index (χ3n) is 10.2. The van der Waals surface area contributed by atoms with Crippen LogP contribution in [0.4, 0.5) is 20.3 Å². The number of benzene rings is 2. The van der Waals surface area contributed by atoms with Crippen molar-refractivity contribution >= 4 is 29.0 Å². The van der Waals surface area contributed by atoms with Crippen LogP contribution in [0.5, 0.6) is 11.8 Å². The summed E-state index contributed by atoms with van der Waals surface area (Å²) in [6.07, 6.45) is 11.8. The smallest absolute Gasteiger partial charge is 0.321 e. The maximum atomic E-state index is 15.3. The molecule has 7 rings (SSSR count). The molecule has 2 saturated heterocycles. The number of likely N-dealkylation sites (tertiary alicyclic amines) is 1. The number of aromatic nitrogens is 5. The lowest BCUT2D eigenvalue weighted by Gasteiger charge is -2.30. The second-order valence-electron chi connectivity index (χ2n) is 13.8. The minimum Gasteiger partial charge on any atom is -0.421 e. The molecular formula is C39H45F2N10O3+. The average molecular weight is 740 g/mol. The second-order valence-corrected chi connectivity index (χ2v) is 13.8. The summed E-state index contributed by atoms with van der Waals surface area (Å²) in [7, 11) is 0. The molecule has 2 aliphatic heterocycles. The molecule has 5 aromatic rings. The standard InChI is InChI=1S/C39H44F2N10O3/c1-2-26-21-28(5-6-29(26)38(53)45-13-3-12-44-37(52)27-10-18-50(19-11-27)24-25-9-16-42-22-25)49-35-36-48-23-31(51(36)20-17-43-35)30-7-8-32(34(41)33(30)40)54-39-46-14-4-15-47-39/h4-8,14-15,17,20-21,23,25,27,42H,2-3,9-13,16,18-19,22,24H2,1H3,(H,43,49)(H,44,52)(H,45,53)/p+1. The first kappa shape index (κ1) is 36.8. The van der Waals surface area contributed by atoms with Crippen molar-refractivity contribution in [3.05, 3.63) is 90.1 Å². The van der Waals surface area contributed by atoms with Gasteiger partial charge < -0.3 is 30.9 Å². The average Bonchev–Trinajstić information content (AvgIpc) is 3.88. The number of anilines is 2. The highest BCUT2D eigenvalue weighted by molar-refractivity contribution is 5.96. The van der Waals surface area contributed by atoms with Crippen molar-refractivity contribution in [1.82, 2.24) is 40.3 Å². The molecule has 2 amide bonds. The van der Waals surface area contributed by atoms with Crippen molar-refractivity contribution in [2.75, 3.05) is 51.1 Å². The third-order valence-corrected chi connectivity index (χ3v) is 10.2. The summed E-state index contributed by atoms with van der Waals surface area (Å²) in [4.78, 5) is 44.2. The van der Waals surface area contributed by atoms with Gasteiger partial charge in [0.1, 0.15) is 0 Å². The van der Waals surface area contributed by atoms with Gasteiger partial charge in [0.2, 0.25) is 11.7 Å². The number of hydrogen-bond donors (Lipinski definition) is 5. The third kappa shape index (κ3) is 8.47. The lowest BCUT2D eigenvalue weighted by molar-refractivity contribution is -0.908. The van der Waals surface area contributed by atoms with Gasteiger partial charge in [0.05, 0.1) is 31.5 Å². The highest BCUT2D eigenvalue weighted by Crippen LogP contribution is 2.33. The van der Waals surface area contributed by atoms with Crippen molar-refractivity contribution in [3.63, 3.8) is 0 Å². The van der Waals surface area contributed by atoms with E-state index in [9.17, 15) is 9.59 Å². The van der Waals surface area contributed by atoms with Gasteiger partial charge in [-0.2, -0.15) is 4.39 Å². The largest absolute Gasteiger partial charge is 0.421 e. The summed E-state index contributed by atoms with van der Waals surface area (Å²) < 4.78 is 37.4. The quantitative estimate of drug-likeness (QED) is 0.107. The van der Waals surface area contributed by atoms with Crippen LogP contribution in [0.2, 0.25) is 0 Å². The molecule has 1 atom stereocenters. The highest BCUT2D eigenvalue weighted by atomic mass is 19.2. The zero-order chi connectivity index (χ0) is 37.4. The van der Waals surface area contributed by atoms with Crippen molar-refractivity contribution in [3.8, 4) is 23.0 Å². The molecule has 1 unspecified atom stereocenters. The van der Waals surface area contributed by atoms with Gasteiger partial charge in [-0.15, -0.1) is 0 Å². The molecular weight excluding hydrogens is 694 g/mol. The van der Waals surface area contributed by atoms with Gasteiger partial charge in [-0.3, -0.25) is 14.0 Å². The first-order valence-corrected chi connectivity index (χ1v) is 18.6. The first-order valence-electron chi connectivity index (χ1n) is 18.6. The Morgan fingerprint density at radius 3 is 2.57 bits per heavy atom. The molecule has 0 bridgehead atoms. The predicted molar refractivity (Wildman–Crippen MR) is 199 cm³/mol. The van der Waals surface area contributed by atoms with E-state index in [2.05, 4.69) is 41.2 Å². The van der Waals surface area contributed by atoms with Crippen LogP contribution >= 0.6 is 0 Å². The summed E-state index contributed by atoms with van der Waals surface area (Å²) in [5, 5.41) is 12.8. The lowest BCUT2D eigenvalue weighted by atomic mass is 9.95. The van der Waals surface area contributed by atoms with E-state index in [-0.39, 0.29) is 35.1 Å². The van der Waals surface area contributed by atoms with Crippen LogP contribution in [-0.4, -0.2) is 82.0 Å². The molecule has 0 aliphatic carbocycles.